The molecule has 1 saturated heterocycles. The number of carbonyl (C=O) groups excluding carboxylic acids is 1. The van der Waals surface area contributed by atoms with Crippen molar-refractivity contribution in [3.63, 3.8) is 0 Å². The van der Waals surface area contributed by atoms with E-state index in [0.29, 0.717) is 30.8 Å². The third-order valence-corrected chi connectivity index (χ3v) is 8.41. The molecule has 14 heteroatoms. The van der Waals surface area contributed by atoms with E-state index in [1.807, 2.05) is 6.07 Å². The molecular formula is C24H29F4N7O2S. The van der Waals surface area contributed by atoms with Crippen molar-refractivity contribution in [2.24, 2.45) is 23.9 Å². The molecule has 3 atom stereocenters. The first-order valence-corrected chi connectivity index (χ1v) is 13.6. The van der Waals surface area contributed by atoms with Crippen molar-refractivity contribution in [1.82, 2.24) is 25.1 Å². The van der Waals surface area contributed by atoms with Gasteiger partial charge in [-0.25, -0.2) is 14.1 Å². The average Bonchev–Trinajstić information content (AvgIpc) is 3.68. The highest BCUT2D eigenvalue weighted by atomic mass is 32.1. The number of nitrogens with one attached hydrogen (secondary N) is 2. The first-order valence-electron chi connectivity index (χ1n) is 12.8. The molecule has 2 aromatic heterocycles. The van der Waals surface area contributed by atoms with Gasteiger partial charge in [0, 0.05) is 30.6 Å². The molecule has 0 unspecified atom stereocenters. The normalized spacial score (nSPS) is 26.4. The number of aromatic nitrogens is 2. The van der Waals surface area contributed by atoms with Crippen LogP contribution in [-0.4, -0.2) is 69.8 Å². The molecule has 0 radical (unpaired) electrons. The van der Waals surface area contributed by atoms with Gasteiger partial charge in [-0.15, -0.1) is 16.4 Å². The highest BCUT2D eigenvalue weighted by molar-refractivity contribution is 7.16. The average molecular weight is 556 g/mol. The van der Waals surface area contributed by atoms with Crippen LogP contribution < -0.4 is 15.5 Å². The Balaban J connectivity index is 1.18. The maximum atomic E-state index is 13.3. The number of thiophene rings is 1. The minimum Gasteiger partial charge on any atom is -0.467 e. The summed E-state index contributed by atoms with van der Waals surface area (Å²) >= 11 is 1.55. The van der Waals surface area contributed by atoms with Gasteiger partial charge < -0.3 is 15.0 Å². The summed E-state index contributed by atoms with van der Waals surface area (Å²) in [6.45, 7) is 0.115. The number of aryl methyl sites for hydroxylation is 2. The lowest BCUT2D eigenvalue weighted by Crippen LogP contribution is -2.42. The molecule has 1 aliphatic heterocycles. The first-order chi connectivity index (χ1) is 18.1. The van der Waals surface area contributed by atoms with E-state index in [9.17, 15) is 22.4 Å². The number of ether oxygens (including phenoxy) is 1. The van der Waals surface area contributed by atoms with E-state index in [4.69, 9.17) is 9.73 Å². The predicted octanol–water partition coefficient (Wildman–Crippen LogP) is 3.75. The van der Waals surface area contributed by atoms with Gasteiger partial charge in [0.05, 0.1) is 17.6 Å². The number of anilines is 1. The zero-order chi connectivity index (χ0) is 26.6. The summed E-state index contributed by atoms with van der Waals surface area (Å²) in [6.07, 6.45) is -0.275. The number of nitrogens with zero attached hydrogens (tertiary/aromatic N) is 5. The minimum absolute atomic E-state index is 0.135. The number of hydrogen-bond acceptors (Lipinski definition) is 6. The van der Waals surface area contributed by atoms with E-state index in [2.05, 4.69) is 25.8 Å². The summed E-state index contributed by atoms with van der Waals surface area (Å²) < 4.78 is 57.1. The van der Waals surface area contributed by atoms with Crippen LogP contribution in [-0.2, 0) is 24.7 Å². The molecule has 0 bridgehead atoms. The summed E-state index contributed by atoms with van der Waals surface area (Å²) in [6, 6.07) is 3.54. The Morgan fingerprint density at radius 3 is 2.82 bits per heavy atom. The van der Waals surface area contributed by atoms with Crippen LogP contribution in [0.15, 0.2) is 17.1 Å². The van der Waals surface area contributed by atoms with Crippen LogP contribution in [0.4, 0.5) is 28.4 Å². The van der Waals surface area contributed by atoms with E-state index in [-0.39, 0.29) is 17.8 Å². The van der Waals surface area contributed by atoms with Gasteiger partial charge in [-0.2, -0.15) is 18.2 Å². The SMILES string of the molecule is Cn1nc(OCC(F)(F)F)cc1N=C1NN(CC2CC2)CN1[C@H]1CCc2sc(NC(=O)[C@H]3C[C@@H]3F)cc2C1. The topological polar surface area (TPSA) is 87.0 Å². The molecule has 6 rings (SSSR count). The molecular weight excluding hydrogens is 526 g/mol. The maximum absolute atomic E-state index is 13.3. The van der Waals surface area contributed by atoms with Gasteiger partial charge in [-0.05, 0) is 56.1 Å². The highest BCUT2D eigenvalue weighted by Gasteiger charge is 2.44. The summed E-state index contributed by atoms with van der Waals surface area (Å²) in [5, 5.41) is 9.78. The first kappa shape index (κ1) is 25.4. The van der Waals surface area contributed by atoms with Crippen molar-refractivity contribution in [1.29, 1.82) is 0 Å². The Labute approximate surface area is 220 Å². The quantitative estimate of drug-likeness (QED) is 0.483. The molecule has 206 valence electrons. The number of alkyl halides is 4. The number of rotatable bonds is 8. The molecule has 3 fully saturated rings. The lowest BCUT2D eigenvalue weighted by Gasteiger charge is -2.31. The zero-order valence-corrected chi connectivity index (χ0v) is 21.6. The molecule has 3 aliphatic carbocycles. The molecule has 2 N–H and O–H groups in total. The Kier molecular flexibility index (Phi) is 6.49. The number of amides is 1. The van der Waals surface area contributed by atoms with Crippen LogP contribution in [0.25, 0.3) is 0 Å². The lowest BCUT2D eigenvalue weighted by atomic mass is 9.93. The van der Waals surface area contributed by atoms with Crippen LogP contribution in [0.2, 0.25) is 0 Å². The number of carbonyl (C=O) groups is 1. The Morgan fingerprint density at radius 2 is 2.11 bits per heavy atom. The van der Waals surface area contributed by atoms with Crippen molar-refractivity contribution >= 4 is 34.0 Å². The Morgan fingerprint density at radius 1 is 1.32 bits per heavy atom. The van der Waals surface area contributed by atoms with Gasteiger partial charge in [-0.1, -0.05) is 0 Å². The summed E-state index contributed by atoms with van der Waals surface area (Å²) in [5.41, 5.74) is 4.55. The fourth-order valence-corrected chi connectivity index (χ4v) is 6.05. The molecule has 38 heavy (non-hydrogen) atoms. The number of halogens is 4. The molecule has 3 heterocycles. The second kappa shape index (κ2) is 9.70. The van der Waals surface area contributed by atoms with Gasteiger partial charge >= 0.3 is 6.18 Å². The zero-order valence-electron chi connectivity index (χ0n) is 20.8. The van der Waals surface area contributed by atoms with Gasteiger partial charge in [0.15, 0.2) is 12.4 Å². The van der Waals surface area contributed by atoms with Gasteiger partial charge in [0.25, 0.3) is 0 Å². The monoisotopic (exact) mass is 555 g/mol. The van der Waals surface area contributed by atoms with Crippen LogP contribution >= 0.6 is 11.3 Å². The molecule has 2 saturated carbocycles. The Hall–Kier alpha value is -2.87. The summed E-state index contributed by atoms with van der Waals surface area (Å²) in [7, 11) is 1.61. The Bertz CT molecular complexity index is 1240. The van der Waals surface area contributed by atoms with Crippen LogP contribution in [0.3, 0.4) is 0 Å². The largest absolute Gasteiger partial charge is 0.467 e. The number of guanidine groups is 1. The van der Waals surface area contributed by atoms with Gasteiger partial charge in [0.2, 0.25) is 17.7 Å². The molecule has 2 aromatic rings. The van der Waals surface area contributed by atoms with E-state index >= 15 is 0 Å². The number of hydrogen-bond donors (Lipinski definition) is 2. The van der Waals surface area contributed by atoms with E-state index in [1.165, 1.54) is 28.5 Å². The van der Waals surface area contributed by atoms with Crippen LogP contribution in [0, 0.1) is 11.8 Å². The third kappa shape index (κ3) is 5.75. The van der Waals surface area contributed by atoms with E-state index < -0.39 is 24.9 Å². The number of fused-ring (bicyclic) bond motifs is 1. The standard InChI is InChI=1S/C24H29F4N7O2S/c1-33-19(9-20(31-33)37-11-24(26,27)28)29-23-32-34(10-13-2-3-13)12-35(23)15-4-5-18-14(6-15)7-21(38-18)30-22(36)16-8-17(16)25/h7,9,13,15-17H,2-6,8,10-12H2,1H3,(H,29,32)(H,30,36)/t15-,16-,17-/m0/s1. The van der Waals surface area contributed by atoms with Crippen LogP contribution in [0.1, 0.15) is 36.1 Å². The predicted molar refractivity (Wildman–Crippen MR) is 133 cm³/mol. The van der Waals surface area contributed by atoms with Crippen molar-refractivity contribution in [2.45, 2.75) is 56.9 Å². The highest BCUT2D eigenvalue weighted by Crippen LogP contribution is 2.39. The fourth-order valence-electron chi connectivity index (χ4n) is 4.94. The number of aliphatic imine (C=N–C) groups is 1. The second-order valence-electron chi connectivity index (χ2n) is 10.5. The van der Waals surface area contributed by atoms with E-state index in [1.54, 1.807) is 18.4 Å². The molecule has 1 amide bonds. The molecule has 9 nitrogen and oxygen atoms in total. The van der Waals surface area contributed by atoms with Crippen LogP contribution in [0.5, 0.6) is 5.88 Å². The third-order valence-electron chi connectivity index (χ3n) is 7.26. The van der Waals surface area contributed by atoms with E-state index in [0.717, 1.165) is 36.4 Å². The second-order valence-corrected chi connectivity index (χ2v) is 11.6. The summed E-state index contributed by atoms with van der Waals surface area (Å²) in [5.74, 6) is 0.738. The van der Waals surface area contributed by atoms with Crippen molar-refractivity contribution < 1.29 is 27.1 Å². The van der Waals surface area contributed by atoms with Crippen molar-refractivity contribution in [3.8, 4) is 5.88 Å². The number of hydrazine groups is 1. The summed E-state index contributed by atoms with van der Waals surface area (Å²) in [4.78, 5) is 20.3. The van der Waals surface area contributed by atoms with Crippen molar-refractivity contribution in [2.75, 3.05) is 25.1 Å². The van der Waals surface area contributed by atoms with Gasteiger partial charge in [-0.3, -0.25) is 10.2 Å². The van der Waals surface area contributed by atoms with Gasteiger partial charge in [0.1, 0.15) is 6.17 Å². The lowest BCUT2D eigenvalue weighted by molar-refractivity contribution is -0.154. The fraction of sp³-hybridized carbons (Fsp3) is 0.625. The maximum Gasteiger partial charge on any atom is 0.422 e. The molecule has 0 spiro atoms. The smallest absolute Gasteiger partial charge is 0.422 e. The molecule has 0 aromatic carbocycles. The van der Waals surface area contributed by atoms with Crippen molar-refractivity contribution in [3.05, 3.63) is 22.6 Å². The molecule has 4 aliphatic rings. The minimum atomic E-state index is -4.45.